The number of carbonyl (C=O) groups is 2. The van der Waals surface area contributed by atoms with Crippen LogP contribution in [-0.4, -0.2) is 57.8 Å². The van der Waals surface area contributed by atoms with E-state index in [9.17, 15) is 9.59 Å². The Kier molecular flexibility index (Phi) is 4.89. The van der Waals surface area contributed by atoms with Gasteiger partial charge in [-0.25, -0.2) is 0 Å². The van der Waals surface area contributed by atoms with Crippen molar-refractivity contribution in [2.24, 2.45) is 12.5 Å². The molecule has 2 amide bonds. The molecule has 3 heterocycles. The fourth-order valence-corrected chi connectivity index (χ4v) is 4.49. The first-order valence-electron chi connectivity index (χ1n) is 9.57. The lowest BCUT2D eigenvalue weighted by atomic mass is 9.72. The van der Waals surface area contributed by atoms with Gasteiger partial charge in [-0.15, -0.1) is 10.2 Å². The summed E-state index contributed by atoms with van der Waals surface area (Å²) >= 11 is 0. The van der Waals surface area contributed by atoms with Gasteiger partial charge in [-0.1, -0.05) is 6.07 Å². The summed E-state index contributed by atoms with van der Waals surface area (Å²) in [6.45, 7) is 4.14. The number of benzene rings is 1. The maximum Gasteiger partial charge on any atom is 0.253 e. The monoisotopic (exact) mass is 383 g/mol. The number of hydrogen-bond acceptors (Lipinski definition) is 5. The van der Waals surface area contributed by atoms with Crippen LogP contribution in [0.1, 0.15) is 41.9 Å². The molecular formula is C20H25N5O3. The van der Waals surface area contributed by atoms with E-state index in [4.69, 9.17) is 4.74 Å². The first-order valence-corrected chi connectivity index (χ1v) is 9.57. The van der Waals surface area contributed by atoms with E-state index in [1.54, 1.807) is 30.6 Å². The quantitative estimate of drug-likeness (QED) is 0.873. The van der Waals surface area contributed by atoms with Gasteiger partial charge in [0.25, 0.3) is 5.91 Å². The summed E-state index contributed by atoms with van der Waals surface area (Å²) in [7, 11) is 1.95. The summed E-state index contributed by atoms with van der Waals surface area (Å²) in [4.78, 5) is 26.5. The normalized spacial score (nSPS) is 21.1. The molecular weight excluding hydrogens is 358 g/mol. The van der Waals surface area contributed by atoms with E-state index in [1.165, 1.54) is 6.92 Å². The summed E-state index contributed by atoms with van der Waals surface area (Å²) in [6.07, 6.45) is 3.52. The Morgan fingerprint density at radius 2 is 2.07 bits per heavy atom. The van der Waals surface area contributed by atoms with E-state index in [-0.39, 0.29) is 23.1 Å². The molecule has 2 fully saturated rings. The summed E-state index contributed by atoms with van der Waals surface area (Å²) in [5.41, 5.74) is 1.17. The molecule has 148 valence electrons. The number of nitrogens with one attached hydrogen (secondary N) is 1. The zero-order valence-electron chi connectivity index (χ0n) is 16.2. The second-order valence-corrected chi connectivity index (χ2v) is 7.78. The van der Waals surface area contributed by atoms with Crippen LogP contribution in [0.5, 0.6) is 0 Å². The number of aryl methyl sites for hydroxylation is 1. The number of hydrogen-bond donors (Lipinski definition) is 1. The maximum absolute atomic E-state index is 13.3. The topological polar surface area (TPSA) is 89.4 Å². The van der Waals surface area contributed by atoms with Crippen molar-refractivity contribution in [3.8, 4) is 0 Å². The first kappa shape index (κ1) is 18.6. The lowest BCUT2D eigenvalue weighted by Crippen LogP contribution is -2.37. The minimum atomic E-state index is -0.158. The second-order valence-electron chi connectivity index (χ2n) is 7.78. The van der Waals surface area contributed by atoms with Crippen molar-refractivity contribution in [2.45, 2.75) is 25.7 Å². The fourth-order valence-electron chi connectivity index (χ4n) is 4.49. The molecule has 2 aliphatic rings. The summed E-state index contributed by atoms with van der Waals surface area (Å²) in [5, 5.41) is 11.1. The minimum absolute atomic E-state index is 0.0252. The molecule has 1 aromatic carbocycles. The number of rotatable bonds is 3. The molecule has 0 bridgehead atoms. The average molecular weight is 383 g/mol. The molecule has 1 unspecified atom stereocenters. The third kappa shape index (κ3) is 3.40. The maximum atomic E-state index is 13.3. The smallest absolute Gasteiger partial charge is 0.253 e. The van der Waals surface area contributed by atoms with E-state index in [0.29, 0.717) is 37.6 Å². The highest BCUT2D eigenvalue weighted by Gasteiger charge is 2.50. The number of ether oxygens (including phenoxy) is 1. The molecule has 1 atom stereocenters. The van der Waals surface area contributed by atoms with Crippen LogP contribution in [0.4, 0.5) is 5.69 Å². The minimum Gasteiger partial charge on any atom is -0.381 e. The van der Waals surface area contributed by atoms with Crippen molar-refractivity contribution in [3.63, 3.8) is 0 Å². The molecule has 8 nitrogen and oxygen atoms in total. The third-order valence-corrected chi connectivity index (χ3v) is 5.91. The Morgan fingerprint density at radius 3 is 2.75 bits per heavy atom. The van der Waals surface area contributed by atoms with Crippen LogP contribution >= 0.6 is 0 Å². The zero-order valence-corrected chi connectivity index (χ0v) is 16.2. The standard InChI is InChI=1S/C20H25N5O3/c1-14(26)22-16-5-3-4-15(10-16)19(27)25-11-17(18-23-21-13-24(18)2)20(12-25)6-8-28-9-7-20/h3-5,10,13,17H,6-9,11-12H2,1-2H3,(H,22,26). The van der Waals surface area contributed by atoms with E-state index < -0.39 is 0 Å². The number of nitrogens with zero attached hydrogens (tertiary/aromatic N) is 4. The highest BCUT2D eigenvalue weighted by Crippen LogP contribution is 2.49. The van der Waals surface area contributed by atoms with Crippen LogP contribution in [0, 0.1) is 5.41 Å². The number of carbonyl (C=O) groups excluding carboxylic acids is 2. The van der Waals surface area contributed by atoms with E-state index in [2.05, 4.69) is 15.5 Å². The van der Waals surface area contributed by atoms with Gasteiger partial charge in [0.2, 0.25) is 5.91 Å². The number of amides is 2. The molecule has 0 radical (unpaired) electrons. The largest absolute Gasteiger partial charge is 0.381 e. The van der Waals surface area contributed by atoms with Crippen molar-refractivity contribution in [2.75, 3.05) is 31.6 Å². The number of anilines is 1. The number of aromatic nitrogens is 3. The average Bonchev–Trinajstić information content (AvgIpc) is 3.25. The van der Waals surface area contributed by atoms with Gasteiger partial charge in [-0.2, -0.15) is 0 Å². The van der Waals surface area contributed by atoms with Crippen LogP contribution < -0.4 is 5.32 Å². The Balaban J connectivity index is 1.61. The number of likely N-dealkylation sites (tertiary alicyclic amines) is 1. The molecule has 8 heteroatoms. The van der Waals surface area contributed by atoms with E-state index in [1.807, 2.05) is 16.5 Å². The molecule has 1 spiro atoms. The zero-order chi connectivity index (χ0) is 19.7. The van der Waals surface area contributed by atoms with Crippen LogP contribution in [-0.2, 0) is 16.6 Å². The van der Waals surface area contributed by atoms with Crippen LogP contribution in [0.3, 0.4) is 0 Å². The van der Waals surface area contributed by atoms with Crippen molar-refractivity contribution in [1.82, 2.24) is 19.7 Å². The van der Waals surface area contributed by atoms with Gasteiger partial charge in [0.15, 0.2) is 0 Å². The van der Waals surface area contributed by atoms with Crippen molar-refractivity contribution >= 4 is 17.5 Å². The predicted octanol–water partition coefficient (Wildman–Crippen LogP) is 1.81. The van der Waals surface area contributed by atoms with Crippen molar-refractivity contribution < 1.29 is 14.3 Å². The molecule has 0 saturated carbocycles. The molecule has 2 aliphatic heterocycles. The Bertz CT molecular complexity index is 887. The summed E-state index contributed by atoms with van der Waals surface area (Å²) in [5.74, 6) is 0.868. The first-order chi connectivity index (χ1) is 13.5. The second kappa shape index (κ2) is 7.35. The third-order valence-electron chi connectivity index (χ3n) is 5.91. The summed E-state index contributed by atoms with van der Waals surface area (Å²) in [6, 6.07) is 7.10. The van der Waals surface area contributed by atoms with Crippen LogP contribution in [0.2, 0.25) is 0 Å². The summed E-state index contributed by atoms with van der Waals surface area (Å²) < 4.78 is 7.55. The van der Waals surface area contributed by atoms with E-state index >= 15 is 0 Å². The highest BCUT2D eigenvalue weighted by atomic mass is 16.5. The Morgan fingerprint density at radius 1 is 1.29 bits per heavy atom. The molecule has 2 aromatic rings. The van der Waals surface area contributed by atoms with Crippen molar-refractivity contribution in [1.29, 1.82) is 0 Å². The van der Waals surface area contributed by atoms with Gasteiger partial charge in [0.05, 0.1) is 0 Å². The molecule has 4 rings (SSSR count). The van der Waals surface area contributed by atoms with Gasteiger partial charge >= 0.3 is 0 Å². The van der Waals surface area contributed by atoms with Gasteiger partial charge in [0, 0.05) is 62.9 Å². The lowest BCUT2D eigenvalue weighted by molar-refractivity contribution is -0.114. The van der Waals surface area contributed by atoms with Crippen LogP contribution in [0.15, 0.2) is 30.6 Å². The van der Waals surface area contributed by atoms with Gasteiger partial charge in [-0.3, -0.25) is 9.59 Å². The molecule has 1 N–H and O–H groups in total. The van der Waals surface area contributed by atoms with E-state index in [0.717, 1.165) is 18.7 Å². The molecule has 0 aliphatic carbocycles. The fraction of sp³-hybridized carbons (Fsp3) is 0.500. The Labute approximate surface area is 163 Å². The van der Waals surface area contributed by atoms with Crippen LogP contribution in [0.25, 0.3) is 0 Å². The molecule has 28 heavy (non-hydrogen) atoms. The van der Waals surface area contributed by atoms with Gasteiger partial charge in [0.1, 0.15) is 12.2 Å². The Hall–Kier alpha value is -2.74. The van der Waals surface area contributed by atoms with Gasteiger partial charge in [-0.05, 0) is 31.0 Å². The molecule has 2 saturated heterocycles. The molecule has 1 aromatic heterocycles. The van der Waals surface area contributed by atoms with Crippen molar-refractivity contribution in [3.05, 3.63) is 42.0 Å². The van der Waals surface area contributed by atoms with Gasteiger partial charge < -0.3 is 19.5 Å². The predicted molar refractivity (Wildman–Crippen MR) is 103 cm³/mol. The highest BCUT2D eigenvalue weighted by molar-refractivity contribution is 5.97. The SMILES string of the molecule is CC(=O)Nc1cccc(C(=O)N2CC(c3nncn3C)C3(CCOCC3)C2)c1. The lowest BCUT2D eigenvalue weighted by Gasteiger charge is -2.37.